The number of hydrogen-bond donors (Lipinski definition) is 1. The van der Waals surface area contributed by atoms with Crippen LogP contribution < -0.4 is 0 Å². The molecule has 1 aromatic carbocycles. The van der Waals surface area contributed by atoms with Gasteiger partial charge in [0.1, 0.15) is 0 Å². The van der Waals surface area contributed by atoms with E-state index in [-0.39, 0.29) is 0 Å². The number of hydrogen-bond acceptors (Lipinski definition) is 2. The Kier molecular flexibility index (Phi) is 4.88. The second kappa shape index (κ2) is 6.64. The summed E-state index contributed by atoms with van der Waals surface area (Å²) >= 11 is 1.67. The Morgan fingerprint density at radius 1 is 1.22 bits per heavy atom. The van der Waals surface area contributed by atoms with Crippen LogP contribution >= 0.6 is 11.8 Å². The minimum Gasteiger partial charge on any atom is -0.478 e. The van der Waals surface area contributed by atoms with E-state index >= 15 is 0 Å². The van der Waals surface area contributed by atoms with E-state index in [1.165, 1.54) is 19.3 Å². The largest absolute Gasteiger partial charge is 0.478 e. The lowest BCUT2D eigenvalue weighted by Gasteiger charge is -2.15. The first kappa shape index (κ1) is 13.2. The van der Waals surface area contributed by atoms with Crippen LogP contribution in [0.4, 0.5) is 0 Å². The predicted octanol–water partition coefficient (Wildman–Crippen LogP) is 4.37. The van der Waals surface area contributed by atoms with Gasteiger partial charge in [-0.1, -0.05) is 37.1 Å². The SMILES string of the molecule is O=C(O)c1ccccc1SC1/C=C/CCCCC1. The van der Waals surface area contributed by atoms with Gasteiger partial charge in [-0.3, -0.25) is 0 Å². The predicted molar refractivity (Wildman–Crippen MR) is 75.3 cm³/mol. The molecule has 0 spiro atoms. The summed E-state index contributed by atoms with van der Waals surface area (Å²) in [5.74, 6) is -0.840. The van der Waals surface area contributed by atoms with E-state index in [1.807, 2.05) is 12.1 Å². The van der Waals surface area contributed by atoms with Crippen LogP contribution in [0.15, 0.2) is 41.3 Å². The molecule has 0 heterocycles. The molecule has 0 saturated carbocycles. The third kappa shape index (κ3) is 3.64. The molecule has 0 fully saturated rings. The summed E-state index contributed by atoms with van der Waals surface area (Å²) < 4.78 is 0. The fourth-order valence-electron chi connectivity index (χ4n) is 2.14. The number of carboxylic acids is 1. The first-order valence-corrected chi connectivity index (χ1v) is 7.31. The molecule has 2 nitrogen and oxygen atoms in total. The standard InChI is InChI=1S/C15H18O2S/c16-15(17)13-10-6-7-11-14(13)18-12-8-4-2-1-3-5-9-12/h4,6-8,10-12H,1-3,5,9H2,(H,16,17)/b8-4+. The van der Waals surface area contributed by atoms with Gasteiger partial charge in [0.15, 0.2) is 0 Å². The lowest BCUT2D eigenvalue weighted by molar-refractivity contribution is 0.0693. The van der Waals surface area contributed by atoms with Crippen molar-refractivity contribution in [2.75, 3.05) is 0 Å². The summed E-state index contributed by atoms with van der Waals surface area (Å²) in [4.78, 5) is 12.0. The van der Waals surface area contributed by atoms with Gasteiger partial charge in [0.2, 0.25) is 0 Å². The maximum atomic E-state index is 11.2. The highest BCUT2D eigenvalue weighted by Gasteiger charge is 2.14. The Hall–Kier alpha value is -1.22. The zero-order valence-electron chi connectivity index (χ0n) is 10.3. The molecule has 1 aliphatic rings. The van der Waals surface area contributed by atoms with Crippen LogP contribution in [0.1, 0.15) is 42.5 Å². The summed E-state index contributed by atoms with van der Waals surface area (Å²) in [5.41, 5.74) is 0.415. The molecule has 96 valence electrons. The number of carbonyl (C=O) groups is 1. The summed E-state index contributed by atoms with van der Waals surface area (Å²) in [5, 5.41) is 9.57. The van der Waals surface area contributed by atoms with Gasteiger partial charge in [0.25, 0.3) is 0 Å². The zero-order chi connectivity index (χ0) is 12.8. The molecule has 0 amide bonds. The normalized spacial score (nSPS) is 21.9. The number of thioether (sulfide) groups is 1. The molecule has 1 N–H and O–H groups in total. The van der Waals surface area contributed by atoms with Gasteiger partial charge >= 0.3 is 5.97 Å². The van der Waals surface area contributed by atoms with Crippen LogP contribution in [-0.4, -0.2) is 16.3 Å². The van der Waals surface area contributed by atoms with Crippen LogP contribution in [0.25, 0.3) is 0 Å². The van der Waals surface area contributed by atoms with Gasteiger partial charge in [-0.15, -0.1) is 11.8 Å². The van der Waals surface area contributed by atoms with E-state index in [2.05, 4.69) is 12.2 Å². The van der Waals surface area contributed by atoms with Crippen molar-refractivity contribution in [1.29, 1.82) is 0 Å². The van der Waals surface area contributed by atoms with Crippen LogP contribution in [0.5, 0.6) is 0 Å². The summed E-state index contributed by atoms with van der Waals surface area (Å²) in [6.45, 7) is 0. The first-order chi connectivity index (χ1) is 8.77. The number of carboxylic acid groups (broad SMARTS) is 1. The number of benzene rings is 1. The minimum atomic E-state index is -0.840. The van der Waals surface area contributed by atoms with Crippen molar-refractivity contribution >= 4 is 17.7 Å². The van der Waals surface area contributed by atoms with E-state index in [1.54, 1.807) is 23.9 Å². The highest BCUT2D eigenvalue weighted by Crippen LogP contribution is 2.31. The van der Waals surface area contributed by atoms with Gasteiger partial charge in [-0.05, 0) is 31.4 Å². The topological polar surface area (TPSA) is 37.3 Å². The third-order valence-corrected chi connectivity index (χ3v) is 4.41. The minimum absolute atomic E-state index is 0.408. The van der Waals surface area contributed by atoms with Crippen molar-refractivity contribution in [1.82, 2.24) is 0 Å². The molecule has 0 radical (unpaired) electrons. The molecular weight excluding hydrogens is 244 g/mol. The van der Waals surface area contributed by atoms with Gasteiger partial charge < -0.3 is 5.11 Å². The van der Waals surface area contributed by atoms with Gasteiger partial charge in [0.05, 0.1) is 5.56 Å². The number of allylic oxidation sites excluding steroid dienone is 1. The summed E-state index contributed by atoms with van der Waals surface area (Å²) in [6, 6.07) is 7.26. The van der Waals surface area contributed by atoms with Crippen LogP contribution in [0.3, 0.4) is 0 Å². The number of rotatable bonds is 3. The molecule has 1 aliphatic carbocycles. The highest BCUT2D eigenvalue weighted by molar-refractivity contribution is 8.00. The number of aromatic carboxylic acids is 1. The Balaban J connectivity index is 2.12. The maximum Gasteiger partial charge on any atom is 0.336 e. The van der Waals surface area contributed by atoms with Crippen molar-refractivity contribution in [3.63, 3.8) is 0 Å². The smallest absolute Gasteiger partial charge is 0.336 e. The van der Waals surface area contributed by atoms with E-state index < -0.39 is 5.97 Å². The van der Waals surface area contributed by atoms with Crippen LogP contribution in [0, 0.1) is 0 Å². The molecule has 2 rings (SSSR count). The molecule has 1 unspecified atom stereocenters. The highest BCUT2D eigenvalue weighted by atomic mass is 32.2. The average molecular weight is 262 g/mol. The quantitative estimate of drug-likeness (QED) is 0.822. The van der Waals surface area contributed by atoms with Crippen molar-refractivity contribution in [3.05, 3.63) is 42.0 Å². The van der Waals surface area contributed by atoms with Crippen molar-refractivity contribution in [3.8, 4) is 0 Å². The second-order valence-electron chi connectivity index (χ2n) is 4.52. The molecule has 0 bridgehead atoms. The fraction of sp³-hybridized carbons (Fsp3) is 0.400. The summed E-state index contributed by atoms with van der Waals surface area (Å²) in [6.07, 6.45) is 10.5. The molecular formula is C15H18O2S. The molecule has 1 atom stereocenters. The Morgan fingerprint density at radius 3 is 2.89 bits per heavy atom. The molecule has 0 saturated heterocycles. The van der Waals surface area contributed by atoms with Gasteiger partial charge in [0, 0.05) is 10.1 Å². The van der Waals surface area contributed by atoms with Gasteiger partial charge in [-0.25, -0.2) is 4.79 Å². The molecule has 0 aromatic heterocycles. The molecule has 1 aromatic rings. The monoisotopic (exact) mass is 262 g/mol. The summed E-state index contributed by atoms with van der Waals surface area (Å²) in [7, 11) is 0. The van der Waals surface area contributed by atoms with Crippen molar-refractivity contribution < 1.29 is 9.90 Å². The first-order valence-electron chi connectivity index (χ1n) is 6.43. The lowest BCUT2D eigenvalue weighted by Crippen LogP contribution is -2.04. The Morgan fingerprint density at radius 2 is 2.06 bits per heavy atom. The van der Waals surface area contributed by atoms with E-state index in [0.717, 1.165) is 17.7 Å². The van der Waals surface area contributed by atoms with E-state index in [0.29, 0.717) is 10.8 Å². The Labute approximate surface area is 112 Å². The Bertz CT molecular complexity index is 440. The molecule has 18 heavy (non-hydrogen) atoms. The van der Waals surface area contributed by atoms with Crippen molar-refractivity contribution in [2.24, 2.45) is 0 Å². The third-order valence-electron chi connectivity index (χ3n) is 3.11. The lowest BCUT2D eigenvalue weighted by atomic mass is 10.1. The van der Waals surface area contributed by atoms with Crippen LogP contribution in [0.2, 0.25) is 0 Å². The zero-order valence-corrected chi connectivity index (χ0v) is 11.2. The second-order valence-corrected chi connectivity index (χ2v) is 5.80. The van der Waals surface area contributed by atoms with E-state index in [4.69, 9.17) is 5.11 Å². The maximum absolute atomic E-state index is 11.2. The molecule has 3 heteroatoms. The van der Waals surface area contributed by atoms with Crippen LogP contribution in [-0.2, 0) is 0 Å². The fourth-order valence-corrected chi connectivity index (χ4v) is 3.38. The van der Waals surface area contributed by atoms with Crippen molar-refractivity contribution in [2.45, 2.75) is 42.2 Å². The molecule has 0 aliphatic heterocycles. The average Bonchev–Trinajstić information content (AvgIpc) is 2.33. The van der Waals surface area contributed by atoms with E-state index in [9.17, 15) is 4.79 Å². The van der Waals surface area contributed by atoms with Gasteiger partial charge in [-0.2, -0.15) is 0 Å².